The molecule has 2 aromatic heterocycles. The second-order valence-electron chi connectivity index (χ2n) is 7.07. The summed E-state index contributed by atoms with van der Waals surface area (Å²) in [7, 11) is 0. The molecular weight excluding hydrogens is 380 g/mol. The van der Waals surface area contributed by atoms with Crippen LogP contribution in [-0.4, -0.2) is 45.7 Å². The lowest BCUT2D eigenvalue weighted by molar-refractivity contribution is -0.116. The first-order valence-corrected chi connectivity index (χ1v) is 10.1. The van der Waals surface area contributed by atoms with Crippen molar-refractivity contribution >= 4 is 33.5 Å². The van der Waals surface area contributed by atoms with E-state index in [1.165, 1.54) is 15.9 Å². The van der Waals surface area contributed by atoms with Gasteiger partial charge in [0.05, 0.1) is 23.4 Å². The largest absolute Gasteiger partial charge is 0.420 e. The maximum atomic E-state index is 12.4. The molecular formula is C19H22N4O4S. The highest BCUT2D eigenvalue weighted by atomic mass is 32.1. The lowest BCUT2D eigenvalue weighted by atomic mass is 10.2. The molecule has 0 bridgehead atoms. The third kappa shape index (κ3) is 4.16. The Labute approximate surface area is 165 Å². The minimum absolute atomic E-state index is 0.122. The van der Waals surface area contributed by atoms with Gasteiger partial charge >= 0.3 is 5.76 Å². The van der Waals surface area contributed by atoms with Crippen molar-refractivity contribution in [1.29, 1.82) is 0 Å². The van der Waals surface area contributed by atoms with Gasteiger partial charge in [-0.2, -0.15) is 0 Å². The van der Waals surface area contributed by atoms with Crippen LogP contribution in [0.5, 0.6) is 0 Å². The Morgan fingerprint density at radius 1 is 1.29 bits per heavy atom. The summed E-state index contributed by atoms with van der Waals surface area (Å²) >= 11 is 1.38. The van der Waals surface area contributed by atoms with Gasteiger partial charge in [-0.3, -0.25) is 14.3 Å². The normalized spacial score (nSPS) is 20.5. The number of carbonyl (C=O) groups is 1. The molecule has 1 fully saturated rings. The third-order valence-corrected chi connectivity index (χ3v) is 5.36. The number of para-hydroxylation sites is 2. The zero-order valence-corrected chi connectivity index (χ0v) is 16.6. The number of hydrogen-bond donors (Lipinski definition) is 1. The molecule has 0 saturated carbocycles. The SMILES string of the molecule is CC1CN(Cc2csc(NC(=O)Cn3c(=O)oc4ccccc43)n2)CC(C)O1. The van der Waals surface area contributed by atoms with Gasteiger partial charge in [0.2, 0.25) is 5.91 Å². The standard InChI is InChI=1S/C19H22N4O4S/c1-12-7-22(8-13(2)26-12)9-14-11-28-18(20-14)21-17(24)10-23-15-5-3-4-6-16(15)27-19(23)25/h3-6,11-13H,7-10H2,1-2H3,(H,20,21,24). The Balaban J connectivity index is 1.39. The van der Waals surface area contributed by atoms with Crippen LogP contribution in [0.3, 0.4) is 0 Å². The van der Waals surface area contributed by atoms with Crippen molar-refractivity contribution < 1.29 is 13.9 Å². The van der Waals surface area contributed by atoms with E-state index in [4.69, 9.17) is 9.15 Å². The molecule has 3 aromatic rings. The number of benzene rings is 1. The van der Waals surface area contributed by atoms with Crippen molar-refractivity contribution in [3.63, 3.8) is 0 Å². The zero-order chi connectivity index (χ0) is 19.7. The fourth-order valence-electron chi connectivity index (χ4n) is 3.55. The predicted octanol–water partition coefficient (Wildman–Crippen LogP) is 2.30. The summed E-state index contributed by atoms with van der Waals surface area (Å²) < 4.78 is 12.2. The van der Waals surface area contributed by atoms with E-state index in [-0.39, 0.29) is 24.7 Å². The molecule has 3 heterocycles. The van der Waals surface area contributed by atoms with Crippen LogP contribution >= 0.6 is 11.3 Å². The molecule has 1 aliphatic heterocycles. The summed E-state index contributed by atoms with van der Waals surface area (Å²) in [6, 6.07) is 7.03. The molecule has 1 aliphatic rings. The molecule has 1 amide bonds. The lowest BCUT2D eigenvalue weighted by Gasteiger charge is -2.34. The number of aromatic nitrogens is 2. The number of carbonyl (C=O) groups excluding carboxylic acids is 1. The molecule has 4 rings (SSSR count). The van der Waals surface area contributed by atoms with Crippen LogP contribution in [-0.2, 0) is 22.6 Å². The molecule has 2 atom stereocenters. The lowest BCUT2D eigenvalue weighted by Crippen LogP contribution is -2.44. The maximum absolute atomic E-state index is 12.4. The predicted molar refractivity (Wildman–Crippen MR) is 107 cm³/mol. The summed E-state index contributed by atoms with van der Waals surface area (Å²) in [5, 5.41) is 5.24. The van der Waals surface area contributed by atoms with Gasteiger partial charge in [0.15, 0.2) is 10.7 Å². The van der Waals surface area contributed by atoms with Crippen LogP contribution in [0.2, 0.25) is 0 Å². The topological polar surface area (TPSA) is 89.6 Å². The minimum atomic E-state index is -0.549. The minimum Gasteiger partial charge on any atom is -0.408 e. The fraction of sp³-hybridized carbons (Fsp3) is 0.421. The van der Waals surface area contributed by atoms with Gasteiger partial charge in [-0.05, 0) is 26.0 Å². The summed E-state index contributed by atoms with van der Waals surface area (Å²) in [6.45, 7) is 6.45. The molecule has 1 aromatic carbocycles. The van der Waals surface area contributed by atoms with E-state index in [0.717, 1.165) is 25.3 Å². The van der Waals surface area contributed by atoms with Crippen molar-refractivity contribution in [2.45, 2.75) is 39.1 Å². The Bertz CT molecular complexity index is 1030. The average Bonchev–Trinajstić information content (AvgIpc) is 3.18. The van der Waals surface area contributed by atoms with Crippen LogP contribution in [0.1, 0.15) is 19.5 Å². The number of anilines is 1. The first-order chi connectivity index (χ1) is 13.5. The van der Waals surface area contributed by atoms with Crippen LogP contribution in [0.25, 0.3) is 11.1 Å². The van der Waals surface area contributed by atoms with Gasteiger partial charge in [-0.1, -0.05) is 12.1 Å². The maximum Gasteiger partial charge on any atom is 0.420 e. The van der Waals surface area contributed by atoms with E-state index >= 15 is 0 Å². The second kappa shape index (κ2) is 7.86. The molecule has 9 heteroatoms. The van der Waals surface area contributed by atoms with Crippen molar-refractivity contribution in [2.75, 3.05) is 18.4 Å². The quantitative estimate of drug-likeness (QED) is 0.704. The van der Waals surface area contributed by atoms with Gasteiger partial charge < -0.3 is 14.5 Å². The smallest absolute Gasteiger partial charge is 0.408 e. The number of fused-ring (bicyclic) bond motifs is 1. The number of thiazole rings is 1. The molecule has 2 unspecified atom stereocenters. The first kappa shape index (κ1) is 18.9. The van der Waals surface area contributed by atoms with E-state index in [1.54, 1.807) is 24.3 Å². The van der Waals surface area contributed by atoms with E-state index in [9.17, 15) is 9.59 Å². The summed E-state index contributed by atoms with van der Waals surface area (Å²) in [6.07, 6.45) is 0.398. The van der Waals surface area contributed by atoms with E-state index in [0.29, 0.717) is 16.2 Å². The number of morpholine rings is 1. The second-order valence-corrected chi connectivity index (χ2v) is 7.92. The molecule has 0 radical (unpaired) electrons. The summed E-state index contributed by atoms with van der Waals surface area (Å²) in [4.78, 5) is 31.2. The van der Waals surface area contributed by atoms with Crippen molar-refractivity contribution in [1.82, 2.24) is 14.5 Å². The third-order valence-electron chi connectivity index (χ3n) is 4.55. The van der Waals surface area contributed by atoms with E-state index < -0.39 is 5.76 Å². The number of rotatable bonds is 5. The number of nitrogens with one attached hydrogen (secondary N) is 1. The molecule has 1 N–H and O–H groups in total. The Morgan fingerprint density at radius 2 is 2.04 bits per heavy atom. The van der Waals surface area contributed by atoms with Crippen LogP contribution in [0, 0.1) is 0 Å². The number of ether oxygens (including phenoxy) is 1. The molecule has 1 saturated heterocycles. The Kier molecular flexibility index (Phi) is 5.29. The van der Waals surface area contributed by atoms with Crippen LogP contribution < -0.4 is 11.1 Å². The highest BCUT2D eigenvalue weighted by molar-refractivity contribution is 7.13. The average molecular weight is 402 g/mol. The van der Waals surface area contributed by atoms with Gasteiger partial charge in [0.25, 0.3) is 0 Å². The molecule has 148 valence electrons. The molecule has 0 spiro atoms. The highest BCUT2D eigenvalue weighted by Gasteiger charge is 2.23. The molecule has 8 nitrogen and oxygen atoms in total. The van der Waals surface area contributed by atoms with Gasteiger partial charge in [-0.25, -0.2) is 9.78 Å². The van der Waals surface area contributed by atoms with Gasteiger partial charge in [0.1, 0.15) is 6.54 Å². The summed E-state index contributed by atoms with van der Waals surface area (Å²) in [5.74, 6) is -0.866. The van der Waals surface area contributed by atoms with Gasteiger partial charge in [0, 0.05) is 25.0 Å². The zero-order valence-electron chi connectivity index (χ0n) is 15.8. The number of amides is 1. The Morgan fingerprint density at radius 3 is 2.82 bits per heavy atom. The van der Waals surface area contributed by atoms with Crippen LogP contribution in [0.15, 0.2) is 38.9 Å². The monoisotopic (exact) mass is 402 g/mol. The Hall–Kier alpha value is -2.49. The first-order valence-electron chi connectivity index (χ1n) is 9.18. The fourth-order valence-corrected chi connectivity index (χ4v) is 4.26. The van der Waals surface area contributed by atoms with E-state index in [1.807, 2.05) is 5.38 Å². The van der Waals surface area contributed by atoms with Crippen molar-refractivity contribution in [3.05, 3.63) is 45.9 Å². The van der Waals surface area contributed by atoms with Gasteiger partial charge in [-0.15, -0.1) is 11.3 Å². The number of hydrogen-bond acceptors (Lipinski definition) is 7. The number of nitrogens with zero attached hydrogens (tertiary/aromatic N) is 3. The molecule has 0 aliphatic carbocycles. The van der Waals surface area contributed by atoms with Crippen molar-refractivity contribution in [3.8, 4) is 0 Å². The van der Waals surface area contributed by atoms with E-state index in [2.05, 4.69) is 29.0 Å². The van der Waals surface area contributed by atoms with Crippen LogP contribution in [0.4, 0.5) is 5.13 Å². The summed E-state index contributed by atoms with van der Waals surface area (Å²) in [5.41, 5.74) is 1.97. The van der Waals surface area contributed by atoms with Crippen molar-refractivity contribution in [2.24, 2.45) is 0 Å². The number of oxazole rings is 1. The molecule has 28 heavy (non-hydrogen) atoms. The highest BCUT2D eigenvalue weighted by Crippen LogP contribution is 2.19.